The molecule has 0 fully saturated rings. The van der Waals surface area contributed by atoms with Crippen molar-refractivity contribution >= 4 is 41.1 Å². The fraction of sp³-hybridized carbons (Fsp3) is 1.00. The normalized spacial score (nSPS) is 14.1. The maximum absolute atomic E-state index is 5.84. The van der Waals surface area contributed by atoms with Gasteiger partial charge in [0.25, 0.3) is 0 Å². The van der Waals surface area contributed by atoms with Crippen LogP contribution in [0.3, 0.4) is 0 Å². The van der Waals surface area contributed by atoms with E-state index in [2.05, 4.69) is 18.6 Å². The summed E-state index contributed by atoms with van der Waals surface area (Å²) >= 11 is 4.19. The van der Waals surface area contributed by atoms with Crippen LogP contribution in [0.2, 0.25) is 0 Å². The molecule has 16 heavy (non-hydrogen) atoms. The first-order valence-electron chi connectivity index (χ1n) is 5.59. The van der Waals surface area contributed by atoms with Gasteiger partial charge < -0.3 is 13.3 Å². The van der Waals surface area contributed by atoms with Crippen molar-refractivity contribution in [1.82, 2.24) is 0 Å². The second-order valence-corrected chi connectivity index (χ2v) is 9.44. The molecule has 0 rings (SSSR count). The second kappa shape index (κ2) is 10.1. The van der Waals surface area contributed by atoms with Crippen LogP contribution in [0.15, 0.2) is 0 Å². The zero-order chi connectivity index (χ0) is 12.4. The molecule has 0 aliphatic rings. The Hall–Kier alpha value is 1.15. The first kappa shape index (κ1) is 17.1. The fourth-order valence-corrected chi connectivity index (χ4v) is 9.15. The topological polar surface area (TPSA) is 27.7 Å². The van der Waals surface area contributed by atoms with Crippen LogP contribution in [-0.2, 0) is 13.3 Å². The lowest BCUT2D eigenvalue weighted by Crippen LogP contribution is -2.54. The molecule has 1 unspecified atom stereocenters. The van der Waals surface area contributed by atoms with E-state index in [0.29, 0.717) is 19.8 Å². The maximum atomic E-state index is 5.84. The molecule has 0 heterocycles. The van der Waals surface area contributed by atoms with Gasteiger partial charge in [0.1, 0.15) is 0 Å². The number of rotatable bonds is 10. The van der Waals surface area contributed by atoms with Crippen molar-refractivity contribution in [3.63, 3.8) is 0 Å². The fourth-order valence-electron chi connectivity index (χ4n) is 1.44. The van der Waals surface area contributed by atoms with Crippen molar-refractivity contribution in [2.24, 2.45) is 0 Å². The third-order valence-corrected chi connectivity index (χ3v) is 9.34. The van der Waals surface area contributed by atoms with Gasteiger partial charge in [-0.25, -0.2) is 0 Å². The molecule has 0 bridgehead atoms. The summed E-state index contributed by atoms with van der Waals surface area (Å²) in [6, 6.07) is 0. The minimum atomic E-state index is -2.55. The van der Waals surface area contributed by atoms with E-state index in [1.54, 1.807) is 10.8 Å². The summed E-state index contributed by atoms with van der Waals surface area (Å²) in [6.45, 7) is 9.93. The molecule has 7 heteroatoms. The second-order valence-electron chi connectivity index (χ2n) is 2.97. The van der Waals surface area contributed by atoms with Gasteiger partial charge >= 0.3 is 8.80 Å². The van der Waals surface area contributed by atoms with E-state index in [9.17, 15) is 0 Å². The maximum Gasteiger partial charge on any atom is 0.515 e. The molecule has 0 aromatic rings. The van der Waals surface area contributed by atoms with E-state index >= 15 is 0 Å². The summed E-state index contributed by atoms with van der Waals surface area (Å²) in [4.78, 5) is 0.245. The Morgan fingerprint density at radius 2 is 1.44 bits per heavy atom. The van der Waals surface area contributed by atoms with Crippen LogP contribution in [0.25, 0.3) is 0 Å². The monoisotopic (exact) mass is 302 g/mol. The van der Waals surface area contributed by atoms with E-state index in [1.807, 2.05) is 20.8 Å². The minimum absolute atomic E-state index is 0.245. The van der Waals surface area contributed by atoms with Gasteiger partial charge in [0.05, 0.1) is 4.87 Å². The molecule has 0 aliphatic heterocycles. The van der Waals surface area contributed by atoms with Crippen LogP contribution in [0.4, 0.5) is 0 Å². The van der Waals surface area contributed by atoms with E-state index in [4.69, 9.17) is 13.3 Å². The molecule has 0 spiro atoms. The van der Waals surface area contributed by atoms with Crippen molar-refractivity contribution in [1.29, 1.82) is 0 Å². The minimum Gasteiger partial charge on any atom is -0.373 e. The van der Waals surface area contributed by atoms with Crippen LogP contribution in [0.5, 0.6) is 0 Å². The highest BCUT2D eigenvalue weighted by atomic mass is 33.5. The Labute approximate surface area is 113 Å². The van der Waals surface area contributed by atoms with E-state index in [-0.39, 0.29) is 4.87 Å². The number of hydrogen-bond donors (Lipinski definition) is 1. The zero-order valence-corrected chi connectivity index (χ0v) is 13.9. The molecule has 0 amide bonds. The van der Waals surface area contributed by atoms with Gasteiger partial charge in [-0.15, -0.1) is 0 Å². The molecule has 1 atom stereocenters. The standard InChI is InChI=1S/C9H22O3S3Si/c1-5-9(14-15-13)16(10-6-2,11-7-3)12-8-4/h9,13H,5-8H2,1-4H3. The Morgan fingerprint density at radius 3 is 1.69 bits per heavy atom. The van der Waals surface area contributed by atoms with Gasteiger partial charge in [-0.1, -0.05) is 29.4 Å². The number of thiol groups is 1. The van der Waals surface area contributed by atoms with Gasteiger partial charge in [-0.05, 0) is 37.0 Å². The summed E-state index contributed by atoms with van der Waals surface area (Å²) in [5, 5.41) is 0. The van der Waals surface area contributed by atoms with E-state index < -0.39 is 8.80 Å². The molecule has 0 saturated carbocycles. The molecule has 3 nitrogen and oxygen atoms in total. The highest BCUT2D eigenvalue weighted by Gasteiger charge is 2.48. The zero-order valence-electron chi connectivity index (χ0n) is 10.4. The third kappa shape index (κ3) is 5.20. The Balaban J connectivity index is 4.78. The van der Waals surface area contributed by atoms with Crippen LogP contribution in [-0.4, -0.2) is 33.5 Å². The average molecular weight is 303 g/mol. The lowest BCUT2D eigenvalue weighted by molar-refractivity contribution is 0.0693. The lowest BCUT2D eigenvalue weighted by Gasteiger charge is -2.33. The van der Waals surface area contributed by atoms with Crippen molar-refractivity contribution in [3.05, 3.63) is 0 Å². The number of hydrogen-bond acceptors (Lipinski definition) is 6. The molecule has 98 valence electrons. The molecular weight excluding hydrogens is 280 g/mol. The molecule has 0 aromatic heterocycles. The lowest BCUT2D eigenvalue weighted by atomic mass is 10.6. The largest absolute Gasteiger partial charge is 0.515 e. The average Bonchev–Trinajstić information content (AvgIpc) is 2.26. The van der Waals surface area contributed by atoms with E-state index in [1.165, 1.54) is 9.83 Å². The van der Waals surface area contributed by atoms with Crippen molar-refractivity contribution in [2.45, 2.75) is 39.0 Å². The van der Waals surface area contributed by atoms with Crippen LogP contribution >= 0.6 is 32.3 Å². The Bertz CT molecular complexity index is 157. The van der Waals surface area contributed by atoms with Crippen molar-refractivity contribution < 1.29 is 13.3 Å². The highest BCUT2D eigenvalue weighted by Crippen LogP contribution is 2.37. The summed E-state index contributed by atoms with van der Waals surface area (Å²) in [6.07, 6.45) is 0.963. The summed E-state index contributed by atoms with van der Waals surface area (Å²) < 4.78 is 17.5. The van der Waals surface area contributed by atoms with Gasteiger partial charge in [0, 0.05) is 19.8 Å². The first-order valence-corrected chi connectivity index (χ1v) is 10.7. The van der Waals surface area contributed by atoms with Gasteiger partial charge in [-0.3, -0.25) is 0 Å². The smallest absolute Gasteiger partial charge is 0.373 e. The molecule has 0 N–H and O–H groups in total. The summed E-state index contributed by atoms with van der Waals surface area (Å²) in [5.41, 5.74) is 0. The molecule has 0 radical (unpaired) electrons. The Kier molecular flexibility index (Phi) is 10.8. The van der Waals surface area contributed by atoms with Gasteiger partial charge in [-0.2, -0.15) is 0 Å². The van der Waals surface area contributed by atoms with E-state index in [0.717, 1.165) is 6.42 Å². The van der Waals surface area contributed by atoms with Crippen LogP contribution in [0, 0.1) is 0 Å². The predicted octanol–water partition coefficient (Wildman–Crippen LogP) is 3.58. The first-order chi connectivity index (χ1) is 7.70. The molecule has 0 aliphatic carbocycles. The Morgan fingerprint density at radius 1 is 1.00 bits per heavy atom. The van der Waals surface area contributed by atoms with Gasteiger partial charge in [0.2, 0.25) is 0 Å². The summed E-state index contributed by atoms with van der Waals surface area (Å²) in [7, 11) is 0.563. The SMILES string of the molecule is CCO[Si](OCC)(OCC)C(CC)SSS. The van der Waals surface area contributed by atoms with Crippen LogP contribution < -0.4 is 0 Å². The predicted molar refractivity (Wildman–Crippen MR) is 78.9 cm³/mol. The molecule has 0 aromatic carbocycles. The van der Waals surface area contributed by atoms with Crippen molar-refractivity contribution in [3.8, 4) is 0 Å². The van der Waals surface area contributed by atoms with Gasteiger partial charge in [0.15, 0.2) is 0 Å². The summed E-state index contributed by atoms with van der Waals surface area (Å²) in [5.74, 6) is 0. The van der Waals surface area contributed by atoms with Crippen molar-refractivity contribution in [2.75, 3.05) is 19.8 Å². The third-order valence-electron chi connectivity index (χ3n) is 1.96. The quantitative estimate of drug-likeness (QED) is 0.378. The highest BCUT2D eigenvalue weighted by molar-refractivity contribution is 9.05. The molecule has 0 saturated heterocycles. The van der Waals surface area contributed by atoms with Crippen LogP contribution in [0.1, 0.15) is 34.1 Å². The molecular formula is C9H22O3S3Si.